The summed E-state index contributed by atoms with van der Waals surface area (Å²) >= 11 is 0. The number of likely N-dealkylation sites (N-methyl/N-ethyl adjacent to an activating group) is 1. The molecule has 19 heavy (non-hydrogen) atoms. The van der Waals surface area contributed by atoms with Crippen LogP contribution in [0.5, 0.6) is 0 Å². The number of carbonyl (C=O) groups excluding carboxylic acids is 1. The fourth-order valence-electron chi connectivity index (χ4n) is 3.12. The number of hydrogen-bond donors (Lipinski definition) is 2. The molecule has 0 fully saturated rings. The van der Waals surface area contributed by atoms with Gasteiger partial charge in [0.1, 0.15) is 6.29 Å². The van der Waals surface area contributed by atoms with Crippen molar-refractivity contribution in [2.45, 2.75) is 25.3 Å². The van der Waals surface area contributed by atoms with Gasteiger partial charge >= 0.3 is 0 Å². The Balaban J connectivity index is 2.20. The summed E-state index contributed by atoms with van der Waals surface area (Å²) in [6, 6.07) is 6.69. The van der Waals surface area contributed by atoms with Gasteiger partial charge < -0.3 is 10.3 Å². The fourth-order valence-corrected chi connectivity index (χ4v) is 3.12. The van der Waals surface area contributed by atoms with Crippen molar-refractivity contribution in [2.24, 2.45) is 0 Å². The molecule has 1 aromatic heterocycles. The zero-order valence-corrected chi connectivity index (χ0v) is 11.2. The monoisotopic (exact) mass is 254 g/mol. The number of H-pyrrole nitrogens is 1. The maximum absolute atomic E-state index is 10.9. The van der Waals surface area contributed by atoms with Crippen LogP contribution in [0, 0.1) is 0 Å². The minimum Gasteiger partial charge on any atom is -0.361 e. The van der Waals surface area contributed by atoms with Gasteiger partial charge in [-0.25, -0.2) is 0 Å². The van der Waals surface area contributed by atoms with Gasteiger partial charge in [0, 0.05) is 29.1 Å². The number of carbonyl (C=O) groups is 1. The van der Waals surface area contributed by atoms with Gasteiger partial charge in [-0.2, -0.15) is 0 Å². The van der Waals surface area contributed by atoms with E-state index in [0.29, 0.717) is 6.04 Å². The van der Waals surface area contributed by atoms with Gasteiger partial charge in [0.15, 0.2) is 0 Å². The number of aromatic nitrogens is 1. The number of aldehydes is 1. The number of hydrogen-bond acceptors (Lipinski definition) is 2. The summed E-state index contributed by atoms with van der Waals surface area (Å²) in [7, 11) is 1.99. The summed E-state index contributed by atoms with van der Waals surface area (Å²) in [6.07, 6.45) is 6.10. The van der Waals surface area contributed by atoms with Crippen molar-refractivity contribution >= 4 is 17.2 Å². The summed E-state index contributed by atoms with van der Waals surface area (Å²) in [5.74, 6) is 0.252. The van der Waals surface area contributed by atoms with E-state index in [0.717, 1.165) is 18.3 Å². The average Bonchev–Trinajstić information content (AvgIpc) is 2.86. The molecule has 1 aromatic carbocycles. The molecular weight excluding hydrogens is 236 g/mol. The topological polar surface area (TPSA) is 44.9 Å². The molecule has 2 N–H and O–H groups in total. The maximum Gasteiger partial charge on any atom is 0.145 e. The molecule has 0 amide bonds. The SMILES string of the molecule is CNC1Cc2c[nH]c3cccc(c23)C1C=C(C)C=O. The van der Waals surface area contributed by atoms with Crippen LogP contribution in [0.25, 0.3) is 10.9 Å². The Morgan fingerprint density at radius 1 is 1.47 bits per heavy atom. The predicted octanol–water partition coefficient (Wildman–Crippen LogP) is 2.54. The summed E-state index contributed by atoms with van der Waals surface area (Å²) in [4.78, 5) is 14.3. The second-order valence-corrected chi connectivity index (χ2v) is 5.24. The van der Waals surface area contributed by atoms with Crippen LogP contribution in [-0.4, -0.2) is 24.4 Å². The summed E-state index contributed by atoms with van der Waals surface area (Å²) in [5.41, 5.74) is 4.64. The molecule has 98 valence electrons. The van der Waals surface area contributed by atoms with E-state index in [4.69, 9.17) is 0 Å². The fraction of sp³-hybridized carbons (Fsp3) is 0.312. The standard InChI is InChI=1S/C16H18N2O/c1-10(9-19)6-13-12-4-3-5-14-16(12)11(8-18-14)7-15(13)17-2/h3-6,8-9,13,15,17-18H,7H2,1-2H3. The summed E-state index contributed by atoms with van der Waals surface area (Å²) in [5, 5.41) is 4.71. The van der Waals surface area contributed by atoms with Crippen molar-refractivity contribution in [1.29, 1.82) is 0 Å². The Labute approximate surface area is 112 Å². The largest absolute Gasteiger partial charge is 0.361 e. The maximum atomic E-state index is 10.9. The highest BCUT2D eigenvalue weighted by Gasteiger charge is 2.28. The van der Waals surface area contributed by atoms with E-state index in [2.05, 4.69) is 40.8 Å². The molecular formula is C16H18N2O. The molecule has 0 radical (unpaired) electrons. The van der Waals surface area contributed by atoms with Crippen LogP contribution in [0.15, 0.2) is 36.0 Å². The normalized spacial score (nSPS) is 22.7. The van der Waals surface area contributed by atoms with E-state index in [1.54, 1.807) is 0 Å². The van der Waals surface area contributed by atoms with Gasteiger partial charge in [-0.3, -0.25) is 4.79 Å². The van der Waals surface area contributed by atoms with Crippen LogP contribution in [0.2, 0.25) is 0 Å². The first-order valence-corrected chi connectivity index (χ1v) is 6.64. The molecule has 0 spiro atoms. The highest BCUT2D eigenvalue weighted by atomic mass is 16.1. The van der Waals surface area contributed by atoms with E-state index in [1.807, 2.05) is 14.0 Å². The van der Waals surface area contributed by atoms with Gasteiger partial charge in [-0.15, -0.1) is 0 Å². The Morgan fingerprint density at radius 2 is 2.32 bits per heavy atom. The lowest BCUT2D eigenvalue weighted by Gasteiger charge is -2.30. The lowest BCUT2D eigenvalue weighted by Crippen LogP contribution is -2.35. The second-order valence-electron chi connectivity index (χ2n) is 5.24. The minimum atomic E-state index is 0.252. The van der Waals surface area contributed by atoms with Crippen LogP contribution in [-0.2, 0) is 11.2 Å². The van der Waals surface area contributed by atoms with Crippen molar-refractivity contribution in [3.8, 4) is 0 Å². The molecule has 2 atom stereocenters. The van der Waals surface area contributed by atoms with Crippen LogP contribution < -0.4 is 5.32 Å². The number of aromatic amines is 1. The Hall–Kier alpha value is -1.87. The van der Waals surface area contributed by atoms with Crippen LogP contribution >= 0.6 is 0 Å². The van der Waals surface area contributed by atoms with Crippen molar-refractivity contribution in [1.82, 2.24) is 10.3 Å². The molecule has 1 aliphatic rings. The van der Waals surface area contributed by atoms with Gasteiger partial charge in [0.2, 0.25) is 0 Å². The third kappa shape index (κ3) is 1.90. The molecule has 3 heteroatoms. The van der Waals surface area contributed by atoms with Gasteiger partial charge in [-0.05, 0) is 43.2 Å². The first-order chi connectivity index (χ1) is 9.24. The summed E-state index contributed by atoms with van der Waals surface area (Å²) < 4.78 is 0. The second kappa shape index (κ2) is 4.67. The Bertz CT molecular complexity index is 654. The first kappa shape index (κ1) is 12.2. The molecule has 0 bridgehead atoms. The quantitative estimate of drug-likeness (QED) is 0.653. The number of benzene rings is 1. The molecule has 3 rings (SSSR count). The van der Waals surface area contributed by atoms with E-state index in [9.17, 15) is 4.79 Å². The van der Waals surface area contributed by atoms with Crippen molar-refractivity contribution in [3.05, 3.63) is 47.2 Å². The van der Waals surface area contributed by atoms with E-state index >= 15 is 0 Å². The molecule has 1 heterocycles. The molecule has 2 aromatic rings. The first-order valence-electron chi connectivity index (χ1n) is 6.64. The van der Waals surface area contributed by atoms with Gasteiger partial charge in [-0.1, -0.05) is 18.2 Å². The lowest BCUT2D eigenvalue weighted by atomic mass is 9.79. The van der Waals surface area contributed by atoms with Crippen LogP contribution in [0.4, 0.5) is 0 Å². The zero-order valence-electron chi connectivity index (χ0n) is 11.2. The molecule has 0 saturated heterocycles. The highest BCUT2D eigenvalue weighted by Crippen LogP contribution is 2.37. The zero-order chi connectivity index (χ0) is 13.4. The molecule has 0 saturated carbocycles. The van der Waals surface area contributed by atoms with E-state index in [1.165, 1.54) is 22.0 Å². The van der Waals surface area contributed by atoms with Crippen molar-refractivity contribution in [3.63, 3.8) is 0 Å². The average molecular weight is 254 g/mol. The Morgan fingerprint density at radius 3 is 3.05 bits per heavy atom. The van der Waals surface area contributed by atoms with Crippen LogP contribution in [0.3, 0.4) is 0 Å². The highest BCUT2D eigenvalue weighted by molar-refractivity contribution is 5.89. The molecule has 1 aliphatic carbocycles. The molecule has 3 nitrogen and oxygen atoms in total. The predicted molar refractivity (Wildman–Crippen MR) is 77.4 cm³/mol. The Kier molecular flexibility index (Phi) is 2.99. The number of rotatable bonds is 3. The van der Waals surface area contributed by atoms with E-state index < -0.39 is 0 Å². The van der Waals surface area contributed by atoms with E-state index in [-0.39, 0.29) is 5.92 Å². The third-order valence-electron chi connectivity index (χ3n) is 4.05. The summed E-state index contributed by atoms with van der Waals surface area (Å²) in [6.45, 7) is 1.87. The van der Waals surface area contributed by atoms with Crippen molar-refractivity contribution in [2.75, 3.05) is 7.05 Å². The lowest BCUT2D eigenvalue weighted by molar-refractivity contribution is -0.104. The van der Waals surface area contributed by atoms with Crippen molar-refractivity contribution < 1.29 is 4.79 Å². The minimum absolute atomic E-state index is 0.252. The van der Waals surface area contributed by atoms with Gasteiger partial charge in [0.25, 0.3) is 0 Å². The number of allylic oxidation sites excluding steroid dienone is 1. The molecule has 0 aliphatic heterocycles. The smallest absolute Gasteiger partial charge is 0.145 e. The molecule has 2 unspecified atom stereocenters. The van der Waals surface area contributed by atoms with Gasteiger partial charge in [0.05, 0.1) is 0 Å². The number of nitrogens with one attached hydrogen (secondary N) is 2. The third-order valence-corrected chi connectivity index (χ3v) is 4.05. The van der Waals surface area contributed by atoms with Crippen LogP contribution in [0.1, 0.15) is 24.0 Å².